The fourth-order valence-electron chi connectivity index (χ4n) is 2.64. The van der Waals surface area contributed by atoms with Crippen molar-refractivity contribution in [2.75, 3.05) is 25.6 Å². The number of hydrogen-bond donors (Lipinski definition) is 1. The Morgan fingerprint density at radius 3 is 2.32 bits per heavy atom. The average Bonchev–Trinajstić information content (AvgIpc) is 2.73. The zero-order valence-electron chi connectivity index (χ0n) is 16.9. The molecule has 0 atom stereocenters. The molecular formula is C19H19N3O9. The van der Waals surface area contributed by atoms with Gasteiger partial charge in [-0.05, 0) is 19.9 Å². The molecule has 12 heteroatoms. The molecule has 0 aliphatic heterocycles. The molecule has 0 aromatic heterocycles. The lowest BCUT2D eigenvalue weighted by molar-refractivity contribution is -0.385. The molecule has 31 heavy (non-hydrogen) atoms. The van der Waals surface area contributed by atoms with E-state index in [0.717, 1.165) is 12.1 Å². The van der Waals surface area contributed by atoms with Gasteiger partial charge in [0.05, 0.1) is 40.9 Å². The quantitative estimate of drug-likeness (QED) is 0.356. The fourth-order valence-corrected chi connectivity index (χ4v) is 2.64. The van der Waals surface area contributed by atoms with E-state index in [0.29, 0.717) is 0 Å². The summed E-state index contributed by atoms with van der Waals surface area (Å²) in [4.78, 5) is 45.5. The van der Waals surface area contributed by atoms with Gasteiger partial charge in [-0.1, -0.05) is 6.07 Å². The molecule has 2 aromatic carbocycles. The van der Waals surface area contributed by atoms with Crippen LogP contribution in [0.4, 0.5) is 17.1 Å². The third-order valence-electron chi connectivity index (χ3n) is 4.11. The van der Waals surface area contributed by atoms with Crippen LogP contribution in [0.3, 0.4) is 0 Å². The van der Waals surface area contributed by atoms with E-state index >= 15 is 0 Å². The molecule has 12 nitrogen and oxygen atoms in total. The van der Waals surface area contributed by atoms with Crippen LogP contribution in [0.15, 0.2) is 30.3 Å². The standard InChI is InChI=1S/C19H19N3O9/c1-4-30-17-9-15(22(27)28)12(8-16(17)29-3)19(24)31-10-18(23)20-13-6-5-7-14(11(13)2)21(25)26/h5-9H,4,10H2,1-3H3,(H,20,23). The second-order valence-electron chi connectivity index (χ2n) is 6.04. The molecular weight excluding hydrogens is 414 g/mol. The van der Waals surface area contributed by atoms with Crippen molar-refractivity contribution >= 4 is 28.9 Å². The van der Waals surface area contributed by atoms with Crippen LogP contribution in [-0.2, 0) is 9.53 Å². The highest BCUT2D eigenvalue weighted by atomic mass is 16.6. The molecule has 0 bridgehead atoms. The average molecular weight is 433 g/mol. The summed E-state index contributed by atoms with van der Waals surface area (Å²) in [7, 11) is 1.30. The lowest BCUT2D eigenvalue weighted by atomic mass is 10.1. The first-order valence-electron chi connectivity index (χ1n) is 8.89. The predicted molar refractivity (Wildman–Crippen MR) is 108 cm³/mol. The SMILES string of the molecule is CCOc1cc([N+](=O)[O-])c(C(=O)OCC(=O)Nc2cccc([N+](=O)[O-])c2C)cc1OC. The molecule has 0 saturated heterocycles. The third kappa shape index (κ3) is 5.44. The van der Waals surface area contributed by atoms with E-state index in [-0.39, 0.29) is 35.0 Å². The zero-order chi connectivity index (χ0) is 23.1. The maximum absolute atomic E-state index is 12.4. The van der Waals surface area contributed by atoms with Crippen molar-refractivity contribution in [1.82, 2.24) is 0 Å². The Kier molecular flexibility index (Phi) is 7.44. The van der Waals surface area contributed by atoms with Gasteiger partial charge >= 0.3 is 5.97 Å². The van der Waals surface area contributed by atoms with Crippen molar-refractivity contribution < 1.29 is 33.6 Å². The van der Waals surface area contributed by atoms with Crippen LogP contribution in [0.25, 0.3) is 0 Å². The molecule has 0 radical (unpaired) electrons. The van der Waals surface area contributed by atoms with Crippen LogP contribution >= 0.6 is 0 Å². The number of ether oxygens (including phenoxy) is 3. The maximum atomic E-state index is 12.4. The van der Waals surface area contributed by atoms with Crippen molar-refractivity contribution in [1.29, 1.82) is 0 Å². The summed E-state index contributed by atoms with van der Waals surface area (Å²) in [5.41, 5.74) is -0.802. The molecule has 2 aromatic rings. The van der Waals surface area contributed by atoms with E-state index in [2.05, 4.69) is 5.32 Å². The molecule has 1 amide bonds. The number of amides is 1. The predicted octanol–water partition coefficient (Wildman–Crippen LogP) is 3.01. The lowest BCUT2D eigenvalue weighted by Gasteiger charge is -2.12. The maximum Gasteiger partial charge on any atom is 0.345 e. The highest BCUT2D eigenvalue weighted by molar-refractivity contribution is 5.98. The summed E-state index contributed by atoms with van der Waals surface area (Å²) < 4.78 is 15.2. The Balaban J connectivity index is 2.17. The van der Waals surface area contributed by atoms with Crippen LogP contribution in [0.1, 0.15) is 22.8 Å². The Morgan fingerprint density at radius 2 is 1.74 bits per heavy atom. The number of benzene rings is 2. The molecule has 0 spiro atoms. The van der Waals surface area contributed by atoms with E-state index in [1.165, 1.54) is 32.2 Å². The van der Waals surface area contributed by atoms with E-state index in [1.54, 1.807) is 6.92 Å². The van der Waals surface area contributed by atoms with Crippen LogP contribution < -0.4 is 14.8 Å². The number of nitro benzene ring substituents is 2. The van der Waals surface area contributed by atoms with Gasteiger partial charge < -0.3 is 19.5 Å². The second-order valence-corrected chi connectivity index (χ2v) is 6.04. The number of anilines is 1. The smallest absolute Gasteiger partial charge is 0.345 e. The minimum atomic E-state index is -1.13. The molecule has 0 unspecified atom stereocenters. The number of esters is 1. The van der Waals surface area contributed by atoms with Gasteiger partial charge in [-0.15, -0.1) is 0 Å². The van der Waals surface area contributed by atoms with Crippen LogP contribution in [0, 0.1) is 27.2 Å². The lowest BCUT2D eigenvalue weighted by Crippen LogP contribution is -2.22. The summed E-state index contributed by atoms with van der Waals surface area (Å²) in [6.45, 7) is 2.58. The zero-order valence-corrected chi connectivity index (χ0v) is 16.9. The van der Waals surface area contributed by atoms with Gasteiger partial charge in [0.25, 0.3) is 17.3 Å². The van der Waals surface area contributed by atoms with E-state index < -0.39 is 39.6 Å². The van der Waals surface area contributed by atoms with Crippen LogP contribution in [0.2, 0.25) is 0 Å². The van der Waals surface area contributed by atoms with Gasteiger partial charge in [-0.2, -0.15) is 0 Å². The number of nitrogens with one attached hydrogen (secondary N) is 1. The van der Waals surface area contributed by atoms with Gasteiger partial charge in [0.1, 0.15) is 5.56 Å². The third-order valence-corrected chi connectivity index (χ3v) is 4.11. The largest absolute Gasteiger partial charge is 0.493 e. The molecule has 0 saturated carbocycles. The Morgan fingerprint density at radius 1 is 1.06 bits per heavy atom. The van der Waals surface area contributed by atoms with Gasteiger partial charge in [-0.3, -0.25) is 25.0 Å². The van der Waals surface area contributed by atoms with Crippen molar-refractivity contribution in [3.05, 3.63) is 61.7 Å². The van der Waals surface area contributed by atoms with E-state index in [9.17, 15) is 29.8 Å². The number of rotatable bonds is 9. The minimum absolute atomic E-state index is 0.0761. The molecule has 0 aliphatic carbocycles. The van der Waals surface area contributed by atoms with E-state index in [4.69, 9.17) is 14.2 Å². The van der Waals surface area contributed by atoms with Crippen molar-refractivity contribution in [2.24, 2.45) is 0 Å². The summed E-state index contributed by atoms with van der Waals surface area (Å²) in [5.74, 6) is -1.75. The molecule has 2 rings (SSSR count). The number of methoxy groups -OCH3 is 1. The monoisotopic (exact) mass is 433 g/mol. The van der Waals surface area contributed by atoms with Crippen LogP contribution in [0.5, 0.6) is 11.5 Å². The topological polar surface area (TPSA) is 160 Å². The normalized spacial score (nSPS) is 10.2. The van der Waals surface area contributed by atoms with Gasteiger partial charge in [0.2, 0.25) is 0 Å². The summed E-state index contributed by atoms with van der Waals surface area (Å²) in [5, 5.41) is 24.7. The molecule has 0 heterocycles. The Hall–Kier alpha value is -4.22. The summed E-state index contributed by atoms with van der Waals surface area (Å²) in [6, 6.07) is 6.25. The summed E-state index contributed by atoms with van der Waals surface area (Å²) in [6.07, 6.45) is 0. The number of carbonyl (C=O) groups excluding carboxylic acids is 2. The molecule has 0 fully saturated rings. The van der Waals surface area contributed by atoms with Gasteiger partial charge in [0.15, 0.2) is 18.1 Å². The van der Waals surface area contributed by atoms with Crippen molar-refractivity contribution in [3.8, 4) is 11.5 Å². The molecule has 164 valence electrons. The fraction of sp³-hybridized carbons (Fsp3) is 0.263. The van der Waals surface area contributed by atoms with Crippen LogP contribution in [-0.4, -0.2) is 42.0 Å². The van der Waals surface area contributed by atoms with Gasteiger partial charge in [0, 0.05) is 12.1 Å². The molecule has 0 aliphatic rings. The first kappa shape index (κ1) is 23.1. The number of hydrogen-bond acceptors (Lipinski definition) is 9. The number of carbonyl (C=O) groups is 2. The van der Waals surface area contributed by atoms with E-state index in [1.807, 2.05) is 0 Å². The molecule has 1 N–H and O–H groups in total. The van der Waals surface area contributed by atoms with Gasteiger partial charge in [-0.25, -0.2) is 4.79 Å². The summed E-state index contributed by atoms with van der Waals surface area (Å²) >= 11 is 0. The number of nitrogens with zero attached hydrogens (tertiary/aromatic N) is 2. The Labute approximate surface area is 176 Å². The highest BCUT2D eigenvalue weighted by Crippen LogP contribution is 2.35. The first-order valence-corrected chi connectivity index (χ1v) is 8.89. The van der Waals surface area contributed by atoms with Crippen molar-refractivity contribution in [2.45, 2.75) is 13.8 Å². The van der Waals surface area contributed by atoms with Crippen molar-refractivity contribution in [3.63, 3.8) is 0 Å². The second kappa shape index (κ2) is 10.0. The minimum Gasteiger partial charge on any atom is -0.493 e. The number of nitro groups is 2. The first-order chi connectivity index (χ1) is 14.7. The highest BCUT2D eigenvalue weighted by Gasteiger charge is 2.26. The Bertz CT molecular complexity index is 1040.